The SMILES string of the molecule is Cc1[nH]n(-c2nc(-c3ccc(O)c(O)c3)cs2)c(=O)c1N=Nc1ccc(CS(=O)(=O)O)cc1. The highest BCUT2D eigenvalue weighted by molar-refractivity contribution is 7.85. The molecule has 2 aromatic heterocycles. The Balaban J connectivity index is 1.58. The van der Waals surface area contributed by atoms with Gasteiger partial charge in [0.2, 0.25) is 5.13 Å². The number of benzene rings is 2. The summed E-state index contributed by atoms with van der Waals surface area (Å²) in [6.07, 6.45) is 0. The van der Waals surface area contributed by atoms with Crippen LogP contribution in [0.5, 0.6) is 11.5 Å². The Morgan fingerprint density at radius 1 is 1.09 bits per heavy atom. The molecule has 0 atom stereocenters. The fraction of sp³-hybridized carbons (Fsp3) is 0.100. The minimum absolute atomic E-state index is 0.0797. The van der Waals surface area contributed by atoms with Crippen molar-refractivity contribution in [2.24, 2.45) is 10.2 Å². The quantitative estimate of drug-likeness (QED) is 0.182. The minimum Gasteiger partial charge on any atom is -0.504 e. The molecule has 4 aromatic rings. The van der Waals surface area contributed by atoms with Gasteiger partial charge in [0, 0.05) is 10.9 Å². The van der Waals surface area contributed by atoms with Crippen molar-refractivity contribution in [1.29, 1.82) is 0 Å². The first-order valence-corrected chi connectivity index (χ1v) is 11.9. The molecule has 2 aromatic carbocycles. The van der Waals surface area contributed by atoms with Crippen LogP contribution in [0.25, 0.3) is 16.4 Å². The summed E-state index contributed by atoms with van der Waals surface area (Å²) >= 11 is 1.20. The summed E-state index contributed by atoms with van der Waals surface area (Å²) in [5.41, 5.74) is 1.94. The number of phenolic OH excluding ortho intramolecular Hbond substituents is 2. The molecule has 4 N–H and O–H groups in total. The van der Waals surface area contributed by atoms with E-state index < -0.39 is 21.4 Å². The standard InChI is InChI=1S/C20H17N5O6S2/c1-11-18(23-22-14-5-2-12(3-6-14)10-33(29,30)31)19(28)25(24-11)20-21-15(9-32-20)13-4-7-16(26)17(27)8-13/h2-9,24,26-27H,10H2,1H3,(H,29,30,31). The molecule has 0 aliphatic heterocycles. The lowest BCUT2D eigenvalue weighted by Crippen LogP contribution is -2.13. The van der Waals surface area contributed by atoms with Crippen LogP contribution in [-0.2, 0) is 15.9 Å². The van der Waals surface area contributed by atoms with Crippen LogP contribution in [0.2, 0.25) is 0 Å². The van der Waals surface area contributed by atoms with Crippen molar-refractivity contribution in [3.05, 3.63) is 69.5 Å². The third-order valence-electron chi connectivity index (χ3n) is 4.55. The summed E-state index contributed by atoms with van der Waals surface area (Å²) in [5.74, 6) is -1.02. The molecule has 0 spiro atoms. The Labute approximate surface area is 191 Å². The van der Waals surface area contributed by atoms with E-state index >= 15 is 0 Å². The number of aromatic amines is 1. The van der Waals surface area contributed by atoms with Crippen LogP contribution >= 0.6 is 11.3 Å². The summed E-state index contributed by atoms with van der Waals surface area (Å²) in [5, 5.41) is 32.2. The van der Waals surface area contributed by atoms with Gasteiger partial charge in [0.15, 0.2) is 17.2 Å². The fourth-order valence-electron chi connectivity index (χ4n) is 2.95. The Hall–Kier alpha value is -3.81. The van der Waals surface area contributed by atoms with Gasteiger partial charge in [-0.3, -0.25) is 14.4 Å². The largest absolute Gasteiger partial charge is 0.504 e. The van der Waals surface area contributed by atoms with E-state index in [2.05, 4.69) is 20.3 Å². The van der Waals surface area contributed by atoms with Gasteiger partial charge in [-0.1, -0.05) is 12.1 Å². The summed E-state index contributed by atoms with van der Waals surface area (Å²) in [4.78, 5) is 17.3. The number of H-pyrrole nitrogens is 1. The average molecular weight is 488 g/mol. The number of aromatic nitrogens is 3. The smallest absolute Gasteiger partial charge is 0.301 e. The van der Waals surface area contributed by atoms with Gasteiger partial charge in [-0.2, -0.15) is 18.2 Å². The highest BCUT2D eigenvalue weighted by Gasteiger charge is 2.16. The Kier molecular flexibility index (Phi) is 5.84. The van der Waals surface area contributed by atoms with Crippen LogP contribution < -0.4 is 5.56 Å². The van der Waals surface area contributed by atoms with Gasteiger partial charge in [-0.25, -0.2) is 4.98 Å². The number of aromatic hydroxyl groups is 2. The molecule has 11 nitrogen and oxygen atoms in total. The lowest BCUT2D eigenvalue weighted by molar-refractivity contribution is 0.404. The van der Waals surface area contributed by atoms with Crippen LogP contribution in [0, 0.1) is 6.92 Å². The molecule has 0 bridgehead atoms. The van der Waals surface area contributed by atoms with E-state index in [1.165, 1.54) is 52.4 Å². The highest BCUT2D eigenvalue weighted by atomic mass is 32.2. The molecule has 2 heterocycles. The zero-order valence-corrected chi connectivity index (χ0v) is 18.6. The monoisotopic (exact) mass is 487 g/mol. The predicted octanol–water partition coefficient (Wildman–Crippen LogP) is 3.81. The molecular weight excluding hydrogens is 470 g/mol. The maximum Gasteiger partial charge on any atom is 0.301 e. The zero-order valence-electron chi connectivity index (χ0n) is 17.0. The van der Waals surface area contributed by atoms with E-state index in [4.69, 9.17) is 4.55 Å². The third-order valence-corrected chi connectivity index (χ3v) is 6.07. The van der Waals surface area contributed by atoms with Crippen molar-refractivity contribution in [2.45, 2.75) is 12.7 Å². The van der Waals surface area contributed by atoms with Crippen LogP contribution in [0.4, 0.5) is 11.4 Å². The molecular formula is C20H17N5O6S2. The van der Waals surface area contributed by atoms with Gasteiger partial charge in [0.1, 0.15) is 5.75 Å². The second-order valence-corrected chi connectivity index (χ2v) is 9.33. The first-order chi connectivity index (χ1) is 15.6. The average Bonchev–Trinajstić information content (AvgIpc) is 3.33. The number of thiazole rings is 1. The predicted molar refractivity (Wildman–Crippen MR) is 121 cm³/mol. The summed E-state index contributed by atoms with van der Waals surface area (Å²) in [6.45, 7) is 1.66. The molecule has 0 aliphatic carbocycles. The maximum atomic E-state index is 12.8. The molecule has 0 fully saturated rings. The number of hydrogen-bond donors (Lipinski definition) is 4. The van der Waals surface area contributed by atoms with Crippen LogP contribution in [0.1, 0.15) is 11.3 Å². The van der Waals surface area contributed by atoms with Crippen molar-refractivity contribution >= 4 is 32.8 Å². The minimum atomic E-state index is -4.13. The van der Waals surface area contributed by atoms with E-state index in [-0.39, 0.29) is 17.2 Å². The van der Waals surface area contributed by atoms with Gasteiger partial charge in [-0.05, 0) is 42.8 Å². The lowest BCUT2D eigenvalue weighted by atomic mass is 10.1. The van der Waals surface area contributed by atoms with Crippen molar-refractivity contribution in [1.82, 2.24) is 14.8 Å². The number of aryl methyl sites for hydroxylation is 1. The van der Waals surface area contributed by atoms with Gasteiger partial charge in [0.05, 0.1) is 17.1 Å². The van der Waals surface area contributed by atoms with Crippen molar-refractivity contribution < 1.29 is 23.2 Å². The number of nitrogens with zero attached hydrogens (tertiary/aromatic N) is 4. The van der Waals surface area contributed by atoms with Crippen molar-refractivity contribution in [2.75, 3.05) is 0 Å². The zero-order chi connectivity index (χ0) is 23.8. The lowest BCUT2D eigenvalue weighted by Gasteiger charge is -2.00. The molecule has 33 heavy (non-hydrogen) atoms. The molecule has 13 heteroatoms. The molecule has 0 aliphatic rings. The van der Waals surface area contributed by atoms with Gasteiger partial charge >= 0.3 is 5.56 Å². The van der Waals surface area contributed by atoms with E-state index in [1.54, 1.807) is 18.4 Å². The maximum absolute atomic E-state index is 12.8. The highest BCUT2D eigenvalue weighted by Crippen LogP contribution is 2.31. The van der Waals surface area contributed by atoms with Crippen LogP contribution in [-0.4, -0.2) is 37.9 Å². The number of hydrogen-bond acceptors (Lipinski definition) is 9. The van der Waals surface area contributed by atoms with E-state index in [1.807, 2.05) is 0 Å². The third kappa shape index (κ3) is 5.00. The summed E-state index contributed by atoms with van der Waals surface area (Å²) in [6, 6.07) is 10.3. The second kappa shape index (κ2) is 8.61. The second-order valence-electron chi connectivity index (χ2n) is 7.04. The molecule has 0 amide bonds. The molecule has 0 saturated heterocycles. The topological polar surface area (TPSA) is 170 Å². The Morgan fingerprint density at radius 3 is 2.48 bits per heavy atom. The molecule has 0 saturated carbocycles. The first kappa shape index (κ1) is 22.4. The molecule has 0 unspecified atom stereocenters. The van der Waals surface area contributed by atoms with E-state index in [0.29, 0.717) is 33.3 Å². The first-order valence-electron chi connectivity index (χ1n) is 9.36. The number of phenols is 2. The molecule has 0 radical (unpaired) electrons. The molecule has 170 valence electrons. The number of nitrogens with one attached hydrogen (secondary N) is 1. The summed E-state index contributed by atoms with van der Waals surface area (Å²) < 4.78 is 32.0. The number of azo groups is 1. The van der Waals surface area contributed by atoms with Crippen molar-refractivity contribution in [3.63, 3.8) is 0 Å². The van der Waals surface area contributed by atoms with Crippen molar-refractivity contribution in [3.8, 4) is 27.9 Å². The normalized spacial score (nSPS) is 11.9. The van der Waals surface area contributed by atoms with Gasteiger partial charge < -0.3 is 10.2 Å². The van der Waals surface area contributed by atoms with Crippen LogP contribution in [0.15, 0.2) is 62.9 Å². The van der Waals surface area contributed by atoms with Gasteiger partial charge in [0.25, 0.3) is 10.1 Å². The Bertz CT molecular complexity index is 1520. The van der Waals surface area contributed by atoms with Gasteiger partial charge in [-0.15, -0.1) is 16.5 Å². The molecule has 4 rings (SSSR count). The van der Waals surface area contributed by atoms with Crippen LogP contribution in [0.3, 0.4) is 0 Å². The Morgan fingerprint density at radius 2 is 1.82 bits per heavy atom. The summed E-state index contributed by atoms with van der Waals surface area (Å²) in [7, 11) is -4.13. The van der Waals surface area contributed by atoms with E-state index in [9.17, 15) is 23.4 Å². The van der Waals surface area contributed by atoms with E-state index in [0.717, 1.165) is 0 Å². The fourth-order valence-corrected chi connectivity index (χ4v) is 4.35. The number of rotatable bonds is 6.